The standard InChI is InChI=1S/C17H26N6O/c1-12-15(13(2)22(3)21-12)6-7-18-16-9-17(20-11-19-16)23-8-4-5-14(23)10-24/h9,11,14,24H,4-8,10H2,1-3H3,(H,18,19,20)/t14-/m0/s1. The summed E-state index contributed by atoms with van der Waals surface area (Å²) in [7, 11) is 1.98. The van der Waals surface area contributed by atoms with Gasteiger partial charge in [-0.3, -0.25) is 4.68 Å². The highest BCUT2D eigenvalue weighted by atomic mass is 16.3. The molecule has 7 heteroatoms. The molecule has 1 aliphatic rings. The number of anilines is 2. The zero-order valence-corrected chi connectivity index (χ0v) is 14.7. The van der Waals surface area contributed by atoms with Crippen LogP contribution < -0.4 is 10.2 Å². The van der Waals surface area contributed by atoms with Crippen LogP contribution in [0.25, 0.3) is 0 Å². The van der Waals surface area contributed by atoms with Crippen LogP contribution in [-0.2, 0) is 13.5 Å². The lowest BCUT2D eigenvalue weighted by atomic mass is 10.1. The Hall–Kier alpha value is -2.15. The van der Waals surface area contributed by atoms with Crippen molar-refractivity contribution < 1.29 is 5.11 Å². The molecule has 0 unspecified atom stereocenters. The smallest absolute Gasteiger partial charge is 0.134 e. The Morgan fingerprint density at radius 3 is 2.88 bits per heavy atom. The number of aliphatic hydroxyl groups excluding tert-OH is 1. The Labute approximate surface area is 142 Å². The molecule has 0 amide bonds. The molecule has 3 rings (SSSR count). The fraction of sp³-hybridized carbons (Fsp3) is 0.588. The van der Waals surface area contributed by atoms with Gasteiger partial charge in [-0.2, -0.15) is 5.10 Å². The molecule has 2 aromatic heterocycles. The molecule has 130 valence electrons. The van der Waals surface area contributed by atoms with E-state index in [1.807, 2.05) is 24.7 Å². The minimum Gasteiger partial charge on any atom is -0.394 e. The topological polar surface area (TPSA) is 79.1 Å². The highest BCUT2D eigenvalue weighted by Crippen LogP contribution is 2.24. The van der Waals surface area contributed by atoms with Gasteiger partial charge in [0.2, 0.25) is 0 Å². The lowest BCUT2D eigenvalue weighted by Crippen LogP contribution is -2.32. The summed E-state index contributed by atoms with van der Waals surface area (Å²) in [6.07, 6.45) is 4.61. The van der Waals surface area contributed by atoms with Crippen molar-refractivity contribution in [3.05, 3.63) is 29.3 Å². The monoisotopic (exact) mass is 330 g/mol. The van der Waals surface area contributed by atoms with Gasteiger partial charge in [0.05, 0.1) is 18.3 Å². The van der Waals surface area contributed by atoms with Gasteiger partial charge in [-0.05, 0) is 38.7 Å². The van der Waals surface area contributed by atoms with Gasteiger partial charge in [-0.1, -0.05) is 0 Å². The van der Waals surface area contributed by atoms with Crippen molar-refractivity contribution in [1.29, 1.82) is 0 Å². The Balaban J connectivity index is 1.63. The Morgan fingerprint density at radius 2 is 2.17 bits per heavy atom. The Kier molecular flexibility index (Phi) is 4.99. The van der Waals surface area contributed by atoms with Crippen molar-refractivity contribution in [3.63, 3.8) is 0 Å². The maximum Gasteiger partial charge on any atom is 0.134 e. The summed E-state index contributed by atoms with van der Waals surface area (Å²) in [5, 5.41) is 17.3. The van der Waals surface area contributed by atoms with Crippen LogP contribution in [0.15, 0.2) is 12.4 Å². The summed E-state index contributed by atoms with van der Waals surface area (Å²) < 4.78 is 1.93. The number of hydrogen-bond donors (Lipinski definition) is 2. The maximum absolute atomic E-state index is 9.48. The molecule has 2 aromatic rings. The summed E-state index contributed by atoms with van der Waals surface area (Å²) >= 11 is 0. The van der Waals surface area contributed by atoms with E-state index >= 15 is 0 Å². The molecule has 0 radical (unpaired) electrons. The zero-order valence-electron chi connectivity index (χ0n) is 14.7. The average molecular weight is 330 g/mol. The van der Waals surface area contributed by atoms with Gasteiger partial charge in [0.25, 0.3) is 0 Å². The van der Waals surface area contributed by atoms with E-state index in [9.17, 15) is 5.11 Å². The first-order valence-electron chi connectivity index (χ1n) is 8.52. The molecule has 3 heterocycles. The van der Waals surface area contributed by atoms with Crippen LogP contribution in [0, 0.1) is 13.8 Å². The first kappa shape index (κ1) is 16.7. The predicted octanol–water partition coefficient (Wildman–Crippen LogP) is 1.44. The van der Waals surface area contributed by atoms with E-state index in [1.54, 1.807) is 6.33 Å². The second-order valence-corrected chi connectivity index (χ2v) is 6.38. The second kappa shape index (κ2) is 7.17. The van der Waals surface area contributed by atoms with E-state index < -0.39 is 0 Å². The van der Waals surface area contributed by atoms with Crippen LogP contribution in [0.4, 0.5) is 11.6 Å². The van der Waals surface area contributed by atoms with Gasteiger partial charge in [0.15, 0.2) is 0 Å². The van der Waals surface area contributed by atoms with E-state index in [0.717, 1.165) is 49.7 Å². The normalized spacial score (nSPS) is 17.5. The summed E-state index contributed by atoms with van der Waals surface area (Å²) in [4.78, 5) is 10.8. The molecule has 0 aromatic carbocycles. The summed E-state index contributed by atoms with van der Waals surface area (Å²) in [5.41, 5.74) is 3.59. The van der Waals surface area contributed by atoms with Crippen LogP contribution in [0.5, 0.6) is 0 Å². The highest BCUT2D eigenvalue weighted by molar-refractivity contribution is 5.50. The third kappa shape index (κ3) is 3.36. The molecule has 1 atom stereocenters. The number of nitrogens with zero attached hydrogens (tertiary/aromatic N) is 5. The SMILES string of the molecule is Cc1nn(C)c(C)c1CCNc1cc(N2CCC[C@H]2CO)ncn1. The number of aryl methyl sites for hydroxylation is 2. The average Bonchev–Trinajstić information content (AvgIpc) is 3.15. The minimum atomic E-state index is 0.173. The highest BCUT2D eigenvalue weighted by Gasteiger charge is 2.25. The Bertz CT molecular complexity index is 698. The van der Waals surface area contributed by atoms with Crippen molar-refractivity contribution >= 4 is 11.6 Å². The van der Waals surface area contributed by atoms with E-state index in [1.165, 1.54) is 11.3 Å². The number of aromatic nitrogens is 4. The third-order valence-corrected chi connectivity index (χ3v) is 4.87. The number of nitrogens with one attached hydrogen (secondary N) is 1. The van der Waals surface area contributed by atoms with Crippen molar-refractivity contribution in [1.82, 2.24) is 19.7 Å². The maximum atomic E-state index is 9.48. The second-order valence-electron chi connectivity index (χ2n) is 6.38. The number of rotatable bonds is 6. The first-order chi connectivity index (χ1) is 11.6. The fourth-order valence-electron chi connectivity index (χ4n) is 3.42. The predicted molar refractivity (Wildman–Crippen MR) is 94.4 cm³/mol. The van der Waals surface area contributed by atoms with Crippen molar-refractivity contribution in [2.24, 2.45) is 7.05 Å². The lowest BCUT2D eigenvalue weighted by molar-refractivity contribution is 0.266. The molecule has 1 saturated heterocycles. The number of aliphatic hydroxyl groups is 1. The van der Waals surface area contributed by atoms with Gasteiger partial charge in [-0.25, -0.2) is 9.97 Å². The largest absolute Gasteiger partial charge is 0.394 e. The van der Waals surface area contributed by atoms with Crippen LogP contribution >= 0.6 is 0 Å². The molecule has 0 saturated carbocycles. The molecule has 1 fully saturated rings. The fourth-order valence-corrected chi connectivity index (χ4v) is 3.42. The summed E-state index contributed by atoms with van der Waals surface area (Å²) in [6.45, 7) is 6.06. The number of hydrogen-bond acceptors (Lipinski definition) is 6. The van der Waals surface area contributed by atoms with Gasteiger partial charge in [0, 0.05) is 31.9 Å². The van der Waals surface area contributed by atoms with Crippen LogP contribution in [-0.4, -0.2) is 50.6 Å². The quantitative estimate of drug-likeness (QED) is 0.834. The minimum absolute atomic E-state index is 0.173. The van der Waals surface area contributed by atoms with Gasteiger partial charge >= 0.3 is 0 Å². The molecule has 2 N–H and O–H groups in total. The van der Waals surface area contributed by atoms with Crippen molar-refractivity contribution in [2.75, 3.05) is 29.9 Å². The molecule has 0 spiro atoms. The molecule has 0 aliphatic carbocycles. The van der Waals surface area contributed by atoms with E-state index in [4.69, 9.17) is 0 Å². The van der Waals surface area contributed by atoms with E-state index in [0.29, 0.717) is 0 Å². The van der Waals surface area contributed by atoms with Gasteiger partial charge in [-0.15, -0.1) is 0 Å². The first-order valence-corrected chi connectivity index (χ1v) is 8.52. The molecule has 0 bridgehead atoms. The Morgan fingerprint density at radius 1 is 1.33 bits per heavy atom. The van der Waals surface area contributed by atoms with E-state index in [-0.39, 0.29) is 12.6 Å². The molecule has 24 heavy (non-hydrogen) atoms. The summed E-state index contributed by atoms with van der Waals surface area (Å²) in [6, 6.07) is 2.14. The van der Waals surface area contributed by atoms with Crippen LogP contribution in [0.1, 0.15) is 29.8 Å². The van der Waals surface area contributed by atoms with E-state index in [2.05, 4.69) is 32.2 Å². The van der Waals surface area contributed by atoms with Gasteiger partial charge < -0.3 is 15.3 Å². The molecule has 7 nitrogen and oxygen atoms in total. The molecule has 1 aliphatic heterocycles. The van der Waals surface area contributed by atoms with Crippen molar-refractivity contribution in [3.8, 4) is 0 Å². The lowest BCUT2D eigenvalue weighted by Gasteiger charge is -2.24. The van der Waals surface area contributed by atoms with Crippen LogP contribution in [0.3, 0.4) is 0 Å². The van der Waals surface area contributed by atoms with Crippen LogP contribution in [0.2, 0.25) is 0 Å². The summed E-state index contributed by atoms with van der Waals surface area (Å²) in [5.74, 6) is 1.71. The zero-order chi connectivity index (χ0) is 17.1. The molecular weight excluding hydrogens is 304 g/mol. The molecular formula is C17H26N6O. The van der Waals surface area contributed by atoms with Gasteiger partial charge in [0.1, 0.15) is 18.0 Å². The third-order valence-electron chi connectivity index (χ3n) is 4.87. The van der Waals surface area contributed by atoms with Crippen molar-refractivity contribution in [2.45, 2.75) is 39.2 Å².